The monoisotopic (exact) mass is 647 g/mol. The van der Waals surface area contributed by atoms with E-state index in [-0.39, 0.29) is 22.8 Å². The fraction of sp³-hybridized carbons (Fsp3) is 0.222. The Bertz CT molecular complexity index is 1910. The molecule has 4 nitrogen and oxygen atoms in total. The van der Waals surface area contributed by atoms with Gasteiger partial charge in [-0.15, -0.1) is 5.73 Å². The Labute approximate surface area is 265 Å². The molecule has 0 amide bonds. The van der Waals surface area contributed by atoms with Crippen LogP contribution >= 0.6 is 11.6 Å². The molecule has 1 fully saturated rings. The maximum Gasteiger partial charge on any atom is 0.416 e. The average molecular weight is 648 g/mol. The highest BCUT2D eigenvalue weighted by Crippen LogP contribution is 2.38. The third-order valence-electron chi connectivity index (χ3n) is 8.13. The molecule has 0 aliphatic heterocycles. The number of sulfone groups is 1. The van der Waals surface area contributed by atoms with Crippen molar-refractivity contribution in [3.63, 3.8) is 0 Å². The van der Waals surface area contributed by atoms with Crippen molar-refractivity contribution in [3.8, 4) is 6.07 Å². The predicted octanol–water partition coefficient (Wildman–Crippen LogP) is 8.99. The Morgan fingerprint density at radius 3 is 2.56 bits per heavy atom. The van der Waals surface area contributed by atoms with Crippen LogP contribution in [-0.4, -0.2) is 25.8 Å². The van der Waals surface area contributed by atoms with Crippen molar-refractivity contribution in [1.29, 1.82) is 5.26 Å². The molecular weight excluding hydrogens is 619 g/mol. The number of benzene rings is 2. The van der Waals surface area contributed by atoms with E-state index < -0.39 is 27.7 Å². The van der Waals surface area contributed by atoms with Crippen LogP contribution in [-0.2, 0) is 9.84 Å². The molecule has 9 heteroatoms. The number of rotatable bonds is 6. The van der Waals surface area contributed by atoms with E-state index in [0.29, 0.717) is 64.1 Å². The molecule has 2 aromatic rings. The van der Waals surface area contributed by atoms with Crippen molar-refractivity contribution < 1.29 is 26.7 Å². The number of hydrogen-bond donors (Lipinski definition) is 1. The van der Waals surface area contributed by atoms with Crippen LogP contribution in [0.4, 0.5) is 13.2 Å². The molecule has 1 saturated carbocycles. The Morgan fingerprint density at radius 1 is 1.11 bits per heavy atom. The summed E-state index contributed by atoms with van der Waals surface area (Å²) in [6.45, 7) is 3.69. The maximum absolute atomic E-state index is 13.3. The van der Waals surface area contributed by atoms with Gasteiger partial charge < -0.3 is 5.11 Å². The van der Waals surface area contributed by atoms with E-state index in [0.717, 1.165) is 17.7 Å². The van der Waals surface area contributed by atoms with Crippen molar-refractivity contribution >= 4 is 38.1 Å². The highest BCUT2D eigenvalue weighted by atomic mass is 35.5. The number of fused-ring (bicyclic) bond motifs is 1. The summed E-state index contributed by atoms with van der Waals surface area (Å²) in [5, 5.41) is 22.0. The predicted molar refractivity (Wildman–Crippen MR) is 171 cm³/mol. The summed E-state index contributed by atoms with van der Waals surface area (Å²) in [6, 6.07) is 13.8. The Morgan fingerprint density at radius 2 is 1.87 bits per heavy atom. The molecule has 3 aliphatic rings. The fourth-order valence-corrected chi connectivity index (χ4v) is 7.44. The first-order valence-corrected chi connectivity index (χ1v) is 16.2. The highest BCUT2D eigenvalue weighted by molar-refractivity contribution is 7.94. The first-order chi connectivity index (χ1) is 21.4. The molecule has 0 aromatic heterocycles. The van der Waals surface area contributed by atoms with E-state index in [9.17, 15) is 32.0 Å². The summed E-state index contributed by atoms with van der Waals surface area (Å²) in [7, 11) is -3.81. The van der Waals surface area contributed by atoms with Gasteiger partial charge in [0, 0.05) is 16.5 Å². The Kier molecular flexibility index (Phi) is 9.38. The van der Waals surface area contributed by atoms with Gasteiger partial charge in [0.2, 0.25) is 0 Å². The van der Waals surface area contributed by atoms with Crippen molar-refractivity contribution in [2.45, 2.75) is 49.3 Å². The molecule has 5 rings (SSSR count). The quantitative estimate of drug-likeness (QED) is 0.318. The van der Waals surface area contributed by atoms with Crippen molar-refractivity contribution in [2.24, 2.45) is 5.92 Å². The largest absolute Gasteiger partial charge is 0.416 e. The first-order valence-electron chi connectivity index (χ1n) is 14.3. The lowest BCUT2D eigenvalue weighted by Gasteiger charge is -2.29. The number of hydrogen-bond acceptors (Lipinski definition) is 4. The van der Waals surface area contributed by atoms with Crippen LogP contribution < -0.4 is 0 Å². The maximum atomic E-state index is 13.3. The minimum absolute atomic E-state index is 0.0949. The lowest BCUT2D eigenvalue weighted by molar-refractivity contribution is -0.0882. The van der Waals surface area contributed by atoms with Gasteiger partial charge in [-0.3, -0.25) is 0 Å². The lowest BCUT2D eigenvalue weighted by Crippen LogP contribution is -2.26. The molecule has 2 aromatic carbocycles. The Balaban J connectivity index is 1.25. The molecule has 45 heavy (non-hydrogen) atoms. The zero-order valence-electron chi connectivity index (χ0n) is 24.1. The standard InChI is InChI=1S/C36H29ClF3NO3S/c1-23-18-24(10-15-30(19-23)36(38,39)40)8-11-27-12-9-25(20-33(27)42)22-45(43,44)31-16-13-26(14-17-31)32-7-3-5-28-4-2-6-29(21-41)34(28)35(32)37/h2,4-7,10,13-19,22,27,33,42H,1,8-9,11-12,20H2/b25-22+/t27-,33+/m1/s1. The van der Waals surface area contributed by atoms with Gasteiger partial charge >= 0.3 is 6.18 Å². The molecule has 0 unspecified atom stereocenters. The Hall–Kier alpha value is -4.12. The average Bonchev–Trinajstić information content (AvgIpc) is 3.29. The van der Waals surface area contributed by atoms with Gasteiger partial charge in [0.05, 0.1) is 33.2 Å². The third-order valence-corrected chi connectivity index (χ3v) is 10.1. The second-order valence-electron chi connectivity index (χ2n) is 11.2. The van der Waals surface area contributed by atoms with Gasteiger partial charge in [-0.1, -0.05) is 60.2 Å². The minimum atomic E-state index is -4.46. The van der Waals surface area contributed by atoms with Crippen LogP contribution in [0.2, 0.25) is 0 Å². The second-order valence-corrected chi connectivity index (χ2v) is 13.4. The number of aliphatic hydroxyl groups is 1. The van der Waals surface area contributed by atoms with Crippen molar-refractivity contribution in [2.75, 3.05) is 0 Å². The third kappa shape index (κ3) is 7.41. The van der Waals surface area contributed by atoms with Crippen LogP contribution in [0.25, 0.3) is 16.7 Å². The zero-order valence-corrected chi connectivity index (χ0v) is 25.7. The highest BCUT2D eigenvalue weighted by Gasteiger charge is 2.32. The first kappa shape index (κ1) is 32.3. The molecule has 0 heterocycles. The van der Waals surface area contributed by atoms with Gasteiger partial charge in [-0.05, 0) is 103 Å². The second kappa shape index (κ2) is 13.1. The smallest absolute Gasteiger partial charge is 0.393 e. The van der Waals surface area contributed by atoms with Gasteiger partial charge in [0.25, 0.3) is 0 Å². The molecule has 0 saturated heterocycles. The summed E-state index contributed by atoms with van der Waals surface area (Å²) in [6.07, 6.45) is 5.57. The number of alkyl halides is 3. The lowest BCUT2D eigenvalue weighted by atomic mass is 9.80. The van der Waals surface area contributed by atoms with Crippen LogP contribution in [0, 0.1) is 17.2 Å². The minimum Gasteiger partial charge on any atom is -0.393 e. The summed E-state index contributed by atoms with van der Waals surface area (Å²) in [4.78, 5) is 0.0949. The SMILES string of the molecule is C=C1C=C(CC[C@@H]2CC/C(=C\S(=O)(=O)c3ccc(C4=C(Cl)c5c(C#N)cccc5C=C=C4)cc3)C[C@@H]2O)C=CC(C(F)(F)F)=C1. The number of allylic oxidation sites excluding steroid dienone is 9. The molecule has 0 spiro atoms. The summed E-state index contributed by atoms with van der Waals surface area (Å²) >= 11 is 6.75. The van der Waals surface area contributed by atoms with E-state index in [1.807, 2.05) is 6.07 Å². The van der Waals surface area contributed by atoms with Crippen molar-refractivity contribution in [3.05, 3.63) is 135 Å². The molecule has 230 valence electrons. The van der Waals surface area contributed by atoms with Gasteiger partial charge in [-0.2, -0.15) is 18.4 Å². The van der Waals surface area contributed by atoms with Crippen LogP contribution in [0.3, 0.4) is 0 Å². The van der Waals surface area contributed by atoms with E-state index in [2.05, 4.69) is 18.4 Å². The van der Waals surface area contributed by atoms with Crippen LogP contribution in [0.15, 0.2) is 118 Å². The van der Waals surface area contributed by atoms with Crippen LogP contribution in [0.1, 0.15) is 54.4 Å². The topological polar surface area (TPSA) is 78.2 Å². The van der Waals surface area contributed by atoms with Gasteiger partial charge in [-0.25, -0.2) is 8.42 Å². The van der Waals surface area contributed by atoms with Crippen molar-refractivity contribution in [1.82, 2.24) is 0 Å². The normalized spacial score (nSPS) is 21.2. The van der Waals surface area contributed by atoms with Gasteiger partial charge in [0.15, 0.2) is 9.84 Å². The molecule has 2 atom stereocenters. The van der Waals surface area contributed by atoms with E-state index >= 15 is 0 Å². The molecular formula is C36H29ClF3NO3S. The van der Waals surface area contributed by atoms with Gasteiger partial charge in [0.1, 0.15) is 0 Å². The van der Waals surface area contributed by atoms with Crippen LogP contribution in [0.5, 0.6) is 0 Å². The van der Waals surface area contributed by atoms with E-state index in [1.165, 1.54) is 23.6 Å². The molecule has 0 radical (unpaired) electrons. The summed E-state index contributed by atoms with van der Waals surface area (Å²) in [5.74, 6) is -0.114. The molecule has 0 bridgehead atoms. The summed E-state index contributed by atoms with van der Waals surface area (Å²) < 4.78 is 65.9. The molecule has 3 aliphatic carbocycles. The summed E-state index contributed by atoms with van der Waals surface area (Å²) in [5.41, 5.74) is 6.92. The molecule has 1 N–H and O–H groups in total. The number of halogens is 4. The number of nitrogens with zero attached hydrogens (tertiary/aromatic N) is 1. The van der Waals surface area contributed by atoms with E-state index in [1.54, 1.807) is 42.5 Å². The number of nitriles is 1. The number of aliphatic hydroxyl groups excluding tert-OH is 1. The zero-order chi connectivity index (χ0) is 32.4. The fourth-order valence-electron chi connectivity index (χ4n) is 5.76. The van der Waals surface area contributed by atoms with E-state index in [4.69, 9.17) is 11.6 Å².